The van der Waals surface area contributed by atoms with E-state index in [2.05, 4.69) is 0 Å². The van der Waals surface area contributed by atoms with Crippen molar-refractivity contribution in [2.45, 2.75) is 69.7 Å². The van der Waals surface area contributed by atoms with E-state index in [0.29, 0.717) is 6.42 Å². The Kier molecular flexibility index (Phi) is 6.73. The summed E-state index contributed by atoms with van der Waals surface area (Å²) in [6, 6.07) is 4.53. The SMILES string of the molecule is COc1cccc2c1C(=O)c1c(O)c3c(c(O)c1C2=O)C[C@@](O)(CCO)C[C@@H]3O[C@H]1C[C@H](C)[C@@H](O)C(C)O1. The number of ether oxygens (including phenoxy) is 3. The van der Waals surface area contributed by atoms with Gasteiger partial charge in [-0.3, -0.25) is 9.59 Å². The number of fused-ring (bicyclic) bond motifs is 3. The van der Waals surface area contributed by atoms with Gasteiger partial charge in [0.25, 0.3) is 0 Å². The predicted octanol–water partition coefficient (Wildman–Crippen LogP) is 2.13. The van der Waals surface area contributed by atoms with Crippen molar-refractivity contribution in [1.82, 2.24) is 0 Å². The fourth-order valence-electron chi connectivity index (χ4n) is 6.06. The van der Waals surface area contributed by atoms with Crippen LogP contribution in [0.25, 0.3) is 0 Å². The summed E-state index contributed by atoms with van der Waals surface area (Å²) in [6.07, 6.45) is -3.05. The fourth-order valence-corrected chi connectivity index (χ4v) is 6.06. The van der Waals surface area contributed by atoms with Gasteiger partial charge < -0.3 is 39.7 Å². The van der Waals surface area contributed by atoms with Crippen molar-refractivity contribution in [1.29, 1.82) is 0 Å². The van der Waals surface area contributed by atoms with Crippen molar-refractivity contribution in [2.75, 3.05) is 13.7 Å². The van der Waals surface area contributed by atoms with Gasteiger partial charge >= 0.3 is 0 Å². The highest BCUT2D eigenvalue weighted by Crippen LogP contribution is 2.53. The normalized spacial score (nSPS) is 30.4. The summed E-state index contributed by atoms with van der Waals surface area (Å²) in [4.78, 5) is 27.2. The molecule has 0 bridgehead atoms. The first kappa shape index (κ1) is 26.6. The molecule has 1 aliphatic heterocycles. The van der Waals surface area contributed by atoms with E-state index in [-0.39, 0.29) is 70.9 Å². The number of ketones is 2. The molecule has 6 atom stereocenters. The van der Waals surface area contributed by atoms with Gasteiger partial charge in [0.1, 0.15) is 17.2 Å². The zero-order valence-corrected chi connectivity index (χ0v) is 21.4. The minimum Gasteiger partial charge on any atom is -0.507 e. The highest BCUT2D eigenvalue weighted by Gasteiger charge is 2.47. The predicted molar refractivity (Wildman–Crippen MR) is 133 cm³/mol. The molecule has 2 aromatic rings. The standard InChI is InChI=1S/C28H32O10/c1-12-9-18(37-13(2)23(12)30)38-17-11-28(35,7-8-29)10-15-20(17)27(34)22-21(25(15)32)24(31)14-5-4-6-16(36-3)19(14)26(22)33/h4-6,12-13,17-18,23,29-30,32,34-35H,7-11H2,1-3H3/t12-,13?,17-,18-,23+,28-/m0/s1. The second-order valence-corrected chi connectivity index (χ2v) is 10.6. The van der Waals surface area contributed by atoms with Crippen LogP contribution in [0, 0.1) is 5.92 Å². The quantitative estimate of drug-likeness (QED) is 0.310. The van der Waals surface area contributed by atoms with Crippen molar-refractivity contribution >= 4 is 11.6 Å². The van der Waals surface area contributed by atoms with Crippen LogP contribution < -0.4 is 4.74 Å². The minimum absolute atomic E-state index is 0.0144. The number of hydrogen-bond acceptors (Lipinski definition) is 10. The van der Waals surface area contributed by atoms with Crippen molar-refractivity contribution < 1.29 is 49.3 Å². The lowest BCUT2D eigenvalue weighted by Crippen LogP contribution is -2.45. The zero-order chi connectivity index (χ0) is 27.5. The highest BCUT2D eigenvalue weighted by molar-refractivity contribution is 6.31. The smallest absolute Gasteiger partial charge is 0.202 e. The molecule has 10 nitrogen and oxygen atoms in total. The number of aliphatic hydroxyl groups excluding tert-OH is 2. The van der Waals surface area contributed by atoms with Crippen LogP contribution in [-0.2, 0) is 15.9 Å². The van der Waals surface area contributed by atoms with E-state index in [4.69, 9.17) is 14.2 Å². The van der Waals surface area contributed by atoms with Gasteiger partial charge in [0.2, 0.25) is 5.78 Å². The maximum absolute atomic E-state index is 13.7. The van der Waals surface area contributed by atoms with Crippen LogP contribution in [0.15, 0.2) is 18.2 Å². The third-order valence-corrected chi connectivity index (χ3v) is 8.04. The van der Waals surface area contributed by atoms with E-state index in [1.165, 1.54) is 19.2 Å². The molecule has 2 aliphatic carbocycles. The van der Waals surface area contributed by atoms with Crippen LogP contribution in [0.5, 0.6) is 17.2 Å². The number of methoxy groups -OCH3 is 1. The first-order valence-corrected chi connectivity index (χ1v) is 12.7. The topological polar surface area (TPSA) is 163 Å². The molecular weight excluding hydrogens is 496 g/mol. The molecule has 0 aromatic heterocycles. The van der Waals surface area contributed by atoms with E-state index in [0.717, 1.165) is 0 Å². The van der Waals surface area contributed by atoms with Gasteiger partial charge in [-0.05, 0) is 25.3 Å². The Balaban J connectivity index is 1.66. The molecular formula is C28H32O10. The van der Waals surface area contributed by atoms with Crippen molar-refractivity contribution in [3.05, 3.63) is 51.6 Å². The number of carbonyl (C=O) groups excluding carboxylic acids is 2. The molecule has 0 amide bonds. The van der Waals surface area contributed by atoms with Crippen molar-refractivity contribution in [3.8, 4) is 17.2 Å². The molecule has 1 heterocycles. The molecule has 5 rings (SSSR count). The van der Waals surface area contributed by atoms with E-state index < -0.39 is 53.3 Å². The molecule has 38 heavy (non-hydrogen) atoms. The van der Waals surface area contributed by atoms with Gasteiger partial charge in [0, 0.05) is 42.6 Å². The molecule has 10 heteroatoms. The number of carbonyl (C=O) groups is 2. The molecule has 2 aromatic carbocycles. The summed E-state index contributed by atoms with van der Waals surface area (Å²) in [5.41, 5.74) is -2.07. The number of phenolic OH excluding ortho intramolecular Hbond substituents is 2. The van der Waals surface area contributed by atoms with Crippen molar-refractivity contribution in [3.63, 3.8) is 0 Å². The van der Waals surface area contributed by atoms with Gasteiger partial charge in [-0.1, -0.05) is 19.1 Å². The van der Waals surface area contributed by atoms with E-state index in [9.17, 15) is 35.1 Å². The van der Waals surface area contributed by atoms with Crippen LogP contribution in [-0.4, -0.2) is 74.9 Å². The largest absolute Gasteiger partial charge is 0.507 e. The summed E-state index contributed by atoms with van der Waals surface area (Å²) in [5.74, 6) is -2.38. The average molecular weight is 529 g/mol. The lowest BCUT2D eigenvalue weighted by Gasteiger charge is -2.43. The zero-order valence-electron chi connectivity index (χ0n) is 21.4. The van der Waals surface area contributed by atoms with Crippen LogP contribution in [0.4, 0.5) is 0 Å². The molecule has 5 N–H and O–H groups in total. The third-order valence-electron chi connectivity index (χ3n) is 8.04. The molecule has 0 saturated carbocycles. The minimum atomic E-state index is -1.53. The van der Waals surface area contributed by atoms with Crippen LogP contribution >= 0.6 is 0 Å². The first-order valence-electron chi connectivity index (χ1n) is 12.7. The lowest BCUT2D eigenvalue weighted by molar-refractivity contribution is -0.256. The Morgan fingerprint density at radius 2 is 1.79 bits per heavy atom. The molecule has 204 valence electrons. The Morgan fingerprint density at radius 3 is 2.45 bits per heavy atom. The van der Waals surface area contributed by atoms with Crippen molar-refractivity contribution in [2.24, 2.45) is 5.92 Å². The number of phenols is 2. The van der Waals surface area contributed by atoms with E-state index in [1.54, 1.807) is 13.0 Å². The van der Waals surface area contributed by atoms with Gasteiger partial charge in [-0.2, -0.15) is 0 Å². The summed E-state index contributed by atoms with van der Waals surface area (Å²) in [7, 11) is 1.36. The molecule has 1 saturated heterocycles. The molecule has 1 fully saturated rings. The van der Waals surface area contributed by atoms with Gasteiger partial charge in [0.15, 0.2) is 12.1 Å². The second-order valence-electron chi connectivity index (χ2n) is 10.6. The fraction of sp³-hybridized carbons (Fsp3) is 0.500. The monoisotopic (exact) mass is 528 g/mol. The number of hydrogen-bond donors (Lipinski definition) is 5. The first-order chi connectivity index (χ1) is 18.0. The lowest BCUT2D eigenvalue weighted by atomic mass is 9.72. The number of benzene rings is 2. The van der Waals surface area contributed by atoms with Crippen LogP contribution in [0.3, 0.4) is 0 Å². The summed E-state index contributed by atoms with van der Waals surface area (Å²) >= 11 is 0. The molecule has 0 spiro atoms. The van der Waals surface area contributed by atoms with E-state index >= 15 is 0 Å². The number of rotatable bonds is 5. The molecule has 0 radical (unpaired) electrons. The molecule has 3 aliphatic rings. The Hall–Kier alpha value is -3.02. The Bertz CT molecular complexity index is 1290. The highest BCUT2D eigenvalue weighted by atomic mass is 16.7. The van der Waals surface area contributed by atoms with Gasteiger partial charge in [0.05, 0.1) is 47.7 Å². The van der Waals surface area contributed by atoms with Crippen LogP contribution in [0.1, 0.15) is 82.2 Å². The van der Waals surface area contributed by atoms with Crippen LogP contribution in [0.2, 0.25) is 0 Å². The van der Waals surface area contributed by atoms with Gasteiger partial charge in [-0.15, -0.1) is 0 Å². The second kappa shape index (κ2) is 9.62. The Morgan fingerprint density at radius 1 is 1.08 bits per heavy atom. The number of aliphatic hydroxyl groups is 3. The van der Waals surface area contributed by atoms with E-state index in [1.807, 2.05) is 6.92 Å². The maximum atomic E-state index is 13.7. The Labute approximate surface area is 219 Å². The molecule has 1 unspecified atom stereocenters. The summed E-state index contributed by atoms with van der Waals surface area (Å²) in [6.45, 7) is 3.22. The van der Waals surface area contributed by atoms with Gasteiger partial charge in [-0.25, -0.2) is 0 Å². The average Bonchev–Trinajstić information content (AvgIpc) is 2.87. The summed E-state index contributed by atoms with van der Waals surface area (Å²) < 4.78 is 17.4. The third kappa shape index (κ3) is 4.07. The maximum Gasteiger partial charge on any atom is 0.202 e. The number of aromatic hydroxyl groups is 2. The summed E-state index contributed by atoms with van der Waals surface area (Å²) in [5, 5.41) is 54.1.